The summed E-state index contributed by atoms with van der Waals surface area (Å²) in [5.41, 5.74) is 0.140. The van der Waals surface area contributed by atoms with E-state index in [1.54, 1.807) is 0 Å². The third kappa shape index (κ3) is 4.36. The molecule has 5 aliphatic carbocycles. The molecule has 1 heterocycles. The van der Waals surface area contributed by atoms with Crippen LogP contribution in [0.25, 0.3) is 0 Å². The molecule has 6 rings (SSSR count). The van der Waals surface area contributed by atoms with Gasteiger partial charge in [-0.05, 0) is 123 Å². The number of ether oxygens (including phenoxy) is 2. The Balaban J connectivity index is 1.31. The Morgan fingerprint density at radius 3 is 2.30 bits per heavy atom. The SMILES string of the molecule is CC1(C)CC[C@]2(C(=O)O)CC[C@]3(C)C(=CC[C@@H]4[C@@]5(C)CC[C@H](O[C@H]6CCCC(C(=O)O)O6)[C@@](C)(C=O)C5CC[C@]43C)C2C1. The molecule has 6 aliphatic rings. The van der Waals surface area contributed by atoms with Crippen molar-refractivity contribution in [2.75, 3.05) is 0 Å². The van der Waals surface area contributed by atoms with Crippen LogP contribution in [-0.2, 0) is 23.9 Å². The molecule has 1 aliphatic heterocycles. The average Bonchev–Trinajstić information content (AvgIpc) is 2.94. The molecule has 3 unspecified atom stereocenters. The van der Waals surface area contributed by atoms with E-state index in [1.807, 2.05) is 0 Å². The number of aldehydes is 1. The summed E-state index contributed by atoms with van der Waals surface area (Å²) in [5, 5.41) is 20.1. The second-order valence-electron chi connectivity index (χ2n) is 17.1. The maximum atomic E-state index is 13.1. The van der Waals surface area contributed by atoms with Crippen molar-refractivity contribution >= 4 is 18.2 Å². The van der Waals surface area contributed by atoms with Gasteiger partial charge in [0.2, 0.25) is 0 Å². The van der Waals surface area contributed by atoms with E-state index in [9.17, 15) is 24.6 Å². The summed E-state index contributed by atoms with van der Waals surface area (Å²) < 4.78 is 12.3. The molecule has 0 aromatic carbocycles. The van der Waals surface area contributed by atoms with E-state index in [4.69, 9.17) is 9.47 Å². The summed E-state index contributed by atoms with van der Waals surface area (Å²) in [6, 6.07) is 0. The van der Waals surface area contributed by atoms with Crippen molar-refractivity contribution in [3.8, 4) is 0 Å². The first kappa shape index (κ1) is 31.3. The zero-order valence-corrected chi connectivity index (χ0v) is 27.2. The molecule has 0 aromatic rings. The molecule has 43 heavy (non-hydrogen) atoms. The molecule has 7 nitrogen and oxygen atoms in total. The number of carboxylic acid groups (broad SMARTS) is 2. The molecule has 0 amide bonds. The van der Waals surface area contributed by atoms with Gasteiger partial charge < -0.3 is 24.5 Å². The lowest BCUT2D eigenvalue weighted by atomic mass is 9.33. The van der Waals surface area contributed by atoms with E-state index < -0.39 is 35.2 Å². The van der Waals surface area contributed by atoms with Gasteiger partial charge in [0.15, 0.2) is 12.4 Å². The third-order valence-electron chi connectivity index (χ3n) is 14.8. The average molecular weight is 599 g/mol. The van der Waals surface area contributed by atoms with Crippen LogP contribution in [0.4, 0.5) is 0 Å². The fourth-order valence-corrected chi connectivity index (χ4v) is 12.0. The maximum absolute atomic E-state index is 13.1. The maximum Gasteiger partial charge on any atom is 0.332 e. The molecule has 5 fully saturated rings. The number of carbonyl (C=O) groups is 3. The van der Waals surface area contributed by atoms with Gasteiger partial charge in [-0.2, -0.15) is 0 Å². The number of carboxylic acids is 2. The van der Waals surface area contributed by atoms with E-state index in [2.05, 4.69) is 47.6 Å². The molecule has 4 saturated carbocycles. The zero-order valence-electron chi connectivity index (χ0n) is 27.2. The van der Waals surface area contributed by atoms with E-state index in [-0.39, 0.29) is 39.6 Å². The smallest absolute Gasteiger partial charge is 0.332 e. The van der Waals surface area contributed by atoms with E-state index in [1.165, 1.54) is 5.57 Å². The summed E-state index contributed by atoms with van der Waals surface area (Å²) in [6.07, 6.45) is 12.7. The van der Waals surface area contributed by atoms with E-state index >= 15 is 0 Å². The molecule has 0 aromatic heterocycles. The minimum absolute atomic E-state index is 0.0211. The molecule has 0 spiro atoms. The van der Waals surface area contributed by atoms with Gasteiger partial charge in [0.25, 0.3) is 0 Å². The first-order valence-corrected chi connectivity index (χ1v) is 17.0. The summed E-state index contributed by atoms with van der Waals surface area (Å²) in [7, 11) is 0. The number of allylic oxidation sites excluding steroid dienone is 2. The molecule has 0 radical (unpaired) electrons. The van der Waals surface area contributed by atoms with Crippen molar-refractivity contribution < 1.29 is 34.1 Å². The molecule has 11 atom stereocenters. The van der Waals surface area contributed by atoms with Crippen LogP contribution in [0.5, 0.6) is 0 Å². The highest BCUT2D eigenvalue weighted by atomic mass is 16.7. The number of carbonyl (C=O) groups excluding carboxylic acids is 1. The van der Waals surface area contributed by atoms with Crippen LogP contribution < -0.4 is 0 Å². The van der Waals surface area contributed by atoms with Crippen molar-refractivity contribution in [1.82, 2.24) is 0 Å². The van der Waals surface area contributed by atoms with E-state index in [0.717, 1.165) is 76.9 Å². The minimum atomic E-state index is -0.951. The lowest BCUT2D eigenvalue weighted by Gasteiger charge is -2.71. The van der Waals surface area contributed by atoms with Crippen molar-refractivity contribution in [2.45, 2.75) is 144 Å². The lowest BCUT2D eigenvalue weighted by molar-refractivity contribution is -0.264. The Bertz CT molecular complexity index is 1210. The highest BCUT2D eigenvalue weighted by molar-refractivity contribution is 5.76. The number of hydrogen-bond donors (Lipinski definition) is 2. The fourth-order valence-electron chi connectivity index (χ4n) is 12.0. The monoisotopic (exact) mass is 598 g/mol. The minimum Gasteiger partial charge on any atom is -0.481 e. The van der Waals surface area contributed by atoms with Crippen LogP contribution in [0.1, 0.15) is 125 Å². The summed E-state index contributed by atoms with van der Waals surface area (Å²) in [6.45, 7) is 14.1. The molecule has 240 valence electrons. The molecule has 7 heteroatoms. The van der Waals surface area contributed by atoms with E-state index in [0.29, 0.717) is 18.8 Å². The highest BCUT2D eigenvalue weighted by Crippen LogP contribution is 2.75. The lowest BCUT2D eigenvalue weighted by Crippen LogP contribution is -2.66. The van der Waals surface area contributed by atoms with Gasteiger partial charge in [-0.3, -0.25) is 4.79 Å². The first-order chi connectivity index (χ1) is 20.1. The quantitative estimate of drug-likeness (QED) is 0.193. The Morgan fingerprint density at radius 1 is 0.907 bits per heavy atom. The van der Waals surface area contributed by atoms with Crippen molar-refractivity contribution in [2.24, 2.45) is 50.2 Å². The van der Waals surface area contributed by atoms with Gasteiger partial charge >= 0.3 is 11.9 Å². The second kappa shape index (κ2) is 10.1. The Morgan fingerprint density at radius 2 is 1.63 bits per heavy atom. The molecule has 0 bridgehead atoms. The second-order valence-corrected chi connectivity index (χ2v) is 17.1. The van der Waals surface area contributed by atoms with Gasteiger partial charge in [-0.15, -0.1) is 0 Å². The van der Waals surface area contributed by atoms with Gasteiger partial charge in [0.1, 0.15) is 6.29 Å². The molecular weight excluding hydrogens is 544 g/mol. The summed E-state index contributed by atoms with van der Waals surface area (Å²) >= 11 is 0. The Labute approximate surface area is 257 Å². The predicted octanol–water partition coefficient (Wildman–Crippen LogP) is 7.42. The summed E-state index contributed by atoms with van der Waals surface area (Å²) in [4.78, 5) is 37.6. The highest BCUT2D eigenvalue weighted by Gasteiger charge is 2.70. The van der Waals surface area contributed by atoms with Crippen LogP contribution in [0, 0.1) is 50.2 Å². The number of aliphatic carboxylic acids is 2. The van der Waals surface area contributed by atoms with Crippen LogP contribution in [-0.4, -0.2) is 46.9 Å². The third-order valence-corrected chi connectivity index (χ3v) is 14.8. The molecular formula is C36H54O7. The molecule has 1 saturated heterocycles. The predicted molar refractivity (Wildman–Crippen MR) is 162 cm³/mol. The molecule has 2 N–H and O–H groups in total. The van der Waals surface area contributed by atoms with Crippen LogP contribution >= 0.6 is 0 Å². The van der Waals surface area contributed by atoms with Crippen molar-refractivity contribution in [3.05, 3.63) is 11.6 Å². The Kier molecular flexibility index (Phi) is 7.37. The largest absolute Gasteiger partial charge is 0.481 e. The Hall–Kier alpha value is -1.73. The fraction of sp³-hybridized carbons (Fsp3) is 0.861. The van der Waals surface area contributed by atoms with Crippen molar-refractivity contribution in [1.29, 1.82) is 0 Å². The topological polar surface area (TPSA) is 110 Å². The van der Waals surface area contributed by atoms with Gasteiger partial charge in [-0.1, -0.05) is 53.2 Å². The number of hydrogen-bond acceptors (Lipinski definition) is 5. The first-order valence-electron chi connectivity index (χ1n) is 17.0. The van der Waals surface area contributed by atoms with Crippen LogP contribution in [0.3, 0.4) is 0 Å². The van der Waals surface area contributed by atoms with Crippen molar-refractivity contribution in [3.63, 3.8) is 0 Å². The number of fused-ring (bicyclic) bond motifs is 7. The zero-order chi connectivity index (χ0) is 31.2. The standard InChI is InChI=1S/C36H54O7/c1-31(2)16-18-36(30(40)41)19-17-34(5)22(23(36)20-31)10-11-26-32(3)14-13-27(43-28-9-7-8-24(42-28)29(38)39)33(4,21-37)25(32)12-15-35(26,34)6/h10,21,23-28H,7-9,11-20H2,1-6H3,(H,38,39)(H,40,41)/t23?,24?,25?,26-,27+,28+,32+,33+,34-,35-,36+/m1/s1. The van der Waals surface area contributed by atoms with Gasteiger partial charge in [0, 0.05) is 0 Å². The normalized spacial score (nSPS) is 50.6. The summed E-state index contributed by atoms with van der Waals surface area (Å²) in [5.74, 6) is -0.917. The number of rotatable bonds is 5. The van der Waals surface area contributed by atoms with Gasteiger partial charge in [-0.25, -0.2) is 4.79 Å². The van der Waals surface area contributed by atoms with Crippen LogP contribution in [0.15, 0.2) is 11.6 Å². The van der Waals surface area contributed by atoms with Gasteiger partial charge in [0.05, 0.1) is 16.9 Å². The van der Waals surface area contributed by atoms with Crippen LogP contribution in [0.2, 0.25) is 0 Å².